The molecule has 2 rings (SSSR count). The molecule has 1 heterocycles. The number of hydrogen-bond acceptors (Lipinski definition) is 3. The Morgan fingerprint density at radius 1 is 1.33 bits per heavy atom. The number of halogens is 1. The van der Waals surface area contributed by atoms with Crippen LogP contribution in [-0.2, 0) is 16.1 Å². The van der Waals surface area contributed by atoms with Gasteiger partial charge in [0.05, 0.1) is 6.04 Å². The Labute approximate surface area is 148 Å². The fourth-order valence-electron chi connectivity index (χ4n) is 2.97. The molecule has 6 heteroatoms. The molecular weight excluding hydrogens is 328 g/mol. The summed E-state index contributed by atoms with van der Waals surface area (Å²) in [6, 6.07) is 9.65. The van der Waals surface area contributed by atoms with Crippen LogP contribution in [0.15, 0.2) is 30.3 Å². The summed E-state index contributed by atoms with van der Waals surface area (Å²) in [5.41, 5.74) is 0.961. The molecule has 1 aliphatic heterocycles. The maximum atomic E-state index is 12.4. The van der Waals surface area contributed by atoms with Crippen LogP contribution in [0.25, 0.3) is 0 Å². The van der Waals surface area contributed by atoms with E-state index in [1.165, 1.54) is 0 Å². The number of carbonyl (C=O) groups excluding carboxylic acids is 2. The van der Waals surface area contributed by atoms with E-state index in [0.717, 1.165) is 18.4 Å². The van der Waals surface area contributed by atoms with E-state index in [0.29, 0.717) is 13.1 Å². The quantitative estimate of drug-likeness (QED) is 0.738. The highest BCUT2D eigenvalue weighted by molar-refractivity contribution is 6.27. The van der Waals surface area contributed by atoms with Crippen LogP contribution in [0.1, 0.15) is 32.3 Å². The summed E-state index contributed by atoms with van der Waals surface area (Å²) in [5.74, 6) is -0.139. The van der Waals surface area contributed by atoms with E-state index in [1.54, 1.807) is 9.80 Å². The minimum absolute atomic E-state index is 0.0113. The van der Waals surface area contributed by atoms with Gasteiger partial charge in [-0.25, -0.2) is 4.79 Å². The number of carbonyl (C=O) groups is 2. The summed E-state index contributed by atoms with van der Waals surface area (Å²) in [4.78, 5) is 27.9. The molecule has 1 atom stereocenters. The lowest BCUT2D eigenvalue weighted by Gasteiger charge is -2.32. The number of nitrogens with zero attached hydrogens (tertiary/aromatic N) is 2. The van der Waals surface area contributed by atoms with Crippen LogP contribution in [0.2, 0.25) is 0 Å². The van der Waals surface area contributed by atoms with E-state index in [2.05, 4.69) is 0 Å². The van der Waals surface area contributed by atoms with Crippen molar-refractivity contribution in [2.75, 3.05) is 19.0 Å². The number of rotatable bonds is 6. The topological polar surface area (TPSA) is 49.9 Å². The largest absolute Gasteiger partial charge is 0.445 e. The zero-order valence-electron chi connectivity index (χ0n) is 14.3. The molecule has 0 unspecified atom stereocenters. The van der Waals surface area contributed by atoms with Gasteiger partial charge in [0.2, 0.25) is 5.91 Å². The number of amides is 2. The lowest BCUT2D eigenvalue weighted by atomic mass is 10.2. The molecule has 1 aromatic carbocycles. The minimum atomic E-state index is -0.316. The Balaban J connectivity index is 1.93. The first-order chi connectivity index (χ1) is 11.5. The number of ether oxygens (including phenoxy) is 1. The van der Waals surface area contributed by atoms with Gasteiger partial charge in [0.15, 0.2) is 0 Å². The first kappa shape index (κ1) is 18.6. The van der Waals surface area contributed by atoms with Crippen molar-refractivity contribution in [3.05, 3.63) is 35.9 Å². The Hall–Kier alpha value is -1.75. The van der Waals surface area contributed by atoms with E-state index in [4.69, 9.17) is 16.3 Å². The molecule has 0 aromatic heterocycles. The van der Waals surface area contributed by atoms with Crippen LogP contribution in [0.3, 0.4) is 0 Å². The molecule has 0 saturated carbocycles. The van der Waals surface area contributed by atoms with Gasteiger partial charge < -0.3 is 14.5 Å². The predicted octanol–water partition coefficient (Wildman–Crippen LogP) is 3.26. The van der Waals surface area contributed by atoms with Gasteiger partial charge in [0.25, 0.3) is 0 Å². The Bertz CT molecular complexity index is 550. The third-order valence-corrected chi connectivity index (χ3v) is 4.51. The maximum absolute atomic E-state index is 12.4. The minimum Gasteiger partial charge on any atom is -0.445 e. The lowest BCUT2D eigenvalue weighted by molar-refractivity contribution is -0.130. The molecule has 0 bridgehead atoms. The second kappa shape index (κ2) is 8.92. The van der Waals surface area contributed by atoms with Gasteiger partial charge in [-0.05, 0) is 32.3 Å². The molecule has 1 fully saturated rings. The highest BCUT2D eigenvalue weighted by atomic mass is 35.5. The summed E-state index contributed by atoms with van der Waals surface area (Å²) in [6.45, 7) is 5.34. The first-order valence-corrected chi connectivity index (χ1v) is 8.89. The molecule has 132 valence electrons. The molecule has 2 amide bonds. The predicted molar refractivity (Wildman–Crippen MR) is 93.9 cm³/mol. The molecular formula is C18H25ClN2O3. The van der Waals surface area contributed by atoms with Crippen LogP contribution in [0, 0.1) is 0 Å². The second-order valence-electron chi connectivity index (χ2n) is 6.30. The molecule has 0 N–H and O–H groups in total. The van der Waals surface area contributed by atoms with Crippen molar-refractivity contribution in [2.24, 2.45) is 0 Å². The number of likely N-dealkylation sites (tertiary alicyclic amines) is 1. The molecule has 24 heavy (non-hydrogen) atoms. The van der Waals surface area contributed by atoms with Crippen molar-refractivity contribution in [2.45, 2.75) is 45.4 Å². The van der Waals surface area contributed by atoms with Crippen molar-refractivity contribution in [3.8, 4) is 0 Å². The lowest BCUT2D eigenvalue weighted by Crippen LogP contribution is -2.48. The second-order valence-corrected chi connectivity index (χ2v) is 6.57. The van der Waals surface area contributed by atoms with Gasteiger partial charge in [0.1, 0.15) is 12.5 Å². The number of hydrogen-bond donors (Lipinski definition) is 0. The van der Waals surface area contributed by atoms with E-state index in [-0.39, 0.29) is 36.6 Å². The Morgan fingerprint density at radius 3 is 2.67 bits per heavy atom. The maximum Gasteiger partial charge on any atom is 0.410 e. The summed E-state index contributed by atoms with van der Waals surface area (Å²) >= 11 is 5.70. The zero-order chi connectivity index (χ0) is 17.5. The van der Waals surface area contributed by atoms with Crippen molar-refractivity contribution in [3.63, 3.8) is 0 Å². The molecule has 5 nitrogen and oxygen atoms in total. The summed E-state index contributed by atoms with van der Waals surface area (Å²) in [7, 11) is 0. The fourth-order valence-corrected chi connectivity index (χ4v) is 3.13. The van der Waals surface area contributed by atoms with Gasteiger partial charge in [-0.2, -0.15) is 0 Å². The van der Waals surface area contributed by atoms with E-state index >= 15 is 0 Å². The summed E-state index contributed by atoms with van der Waals surface area (Å²) in [6.07, 6.45) is 1.48. The highest BCUT2D eigenvalue weighted by Crippen LogP contribution is 2.21. The summed E-state index contributed by atoms with van der Waals surface area (Å²) < 4.78 is 5.43. The van der Waals surface area contributed by atoms with Gasteiger partial charge in [-0.1, -0.05) is 30.3 Å². The van der Waals surface area contributed by atoms with Crippen LogP contribution in [-0.4, -0.2) is 52.9 Å². The van der Waals surface area contributed by atoms with Crippen molar-refractivity contribution >= 4 is 23.6 Å². The van der Waals surface area contributed by atoms with Gasteiger partial charge in [0, 0.05) is 19.1 Å². The normalized spacial score (nSPS) is 17.2. The molecule has 1 aliphatic rings. The van der Waals surface area contributed by atoms with Gasteiger partial charge in [-0.3, -0.25) is 4.79 Å². The van der Waals surface area contributed by atoms with E-state index in [1.807, 2.05) is 44.2 Å². The van der Waals surface area contributed by atoms with Gasteiger partial charge >= 0.3 is 6.09 Å². The molecule has 0 spiro atoms. The zero-order valence-corrected chi connectivity index (χ0v) is 15.0. The Morgan fingerprint density at radius 2 is 2.04 bits per heavy atom. The smallest absolute Gasteiger partial charge is 0.410 e. The third-order valence-electron chi connectivity index (χ3n) is 4.28. The molecule has 0 aliphatic carbocycles. The average molecular weight is 353 g/mol. The summed E-state index contributed by atoms with van der Waals surface area (Å²) in [5, 5.41) is 0. The van der Waals surface area contributed by atoms with Crippen molar-refractivity contribution in [1.82, 2.24) is 9.80 Å². The SMILES string of the molecule is CC(C)N(C[C@@H]1CCCN1C(=O)OCc1ccccc1)C(=O)CCl. The number of alkyl halides is 1. The fraction of sp³-hybridized carbons (Fsp3) is 0.556. The van der Waals surface area contributed by atoms with Crippen LogP contribution in [0.4, 0.5) is 4.79 Å². The van der Waals surface area contributed by atoms with Crippen LogP contribution >= 0.6 is 11.6 Å². The standard InChI is InChI=1S/C18H25ClN2O3/c1-14(2)21(17(22)11-19)12-16-9-6-10-20(16)18(23)24-13-15-7-4-3-5-8-15/h3-5,7-8,14,16H,6,9-13H2,1-2H3/t16-/m0/s1. The van der Waals surface area contributed by atoms with E-state index in [9.17, 15) is 9.59 Å². The van der Waals surface area contributed by atoms with Crippen molar-refractivity contribution < 1.29 is 14.3 Å². The monoisotopic (exact) mass is 352 g/mol. The van der Waals surface area contributed by atoms with E-state index < -0.39 is 0 Å². The van der Waals surface area contributed by atoms with Gasteiger partial charge in [-0.15, -0.1) is 11.6 Å². The van der Waals surface area contributed by atoms with Crippen LogP contribution in [0.5, 0.6) is 0 Å². The van der Waals surface area contributed by atoms with Crippen LogP contribution < -0.4 is 0 Å². The third kappa shape index (κ3) is 4.87. The van der Waals surface area contributed by atoms with Crippen molar-refractivity contribution in [1.29, 1.82) is 0 Å². The highest BCUT2D eigenvalue weighted by Gasteiger charge is 2.33. The average Bonchev–Trinajstić information content (AvgIpc) is 3.06. The molecule has 1 aromatic rings. The molecule has 0 radical (unpaired) electrons. The molecule has 1 saturated heterocycles. The Kier molecular flexibility index (Phi) is 6.91. The number of benzene rings is 1. The first-order valence-electron chi connectivity index (χ1n) is 8.35.